The summed E-state index contributed by atoms with van der Waals surface area (Å²) in [4.78, 5) is 0. The lowest BCUT2D eigenvalue weighted by molar-refractivity contribution is 0.232. The van der Waals surface area contributed by atoms with Gasteiger partial charge in [0.2, 0.25) is 0 Å². The molecule has 7 nitrogen and oxygen atoms in total. The molecule has 272 valence electrons. The highest BCUT2D eigenvalue weighted by Crippen LogP contribution is 2.16. The second-order valence-corrected chi connectivity index (χ2v) is 15.8. The third kappa shape index (κ3) is 36.5. The SMILES string of the molecule is CCCCCCCCCCCCCCCCCCOS(=O)(=O)OS(=O)(=O)OCCCCCCCCCCCCCCCCCC. The van der Waals surface area contributed by atoms with E-state index in [4.69, 9.17) is 8.37 Å². The van der Waals surface area contributed by atoms with Crippen molar-refractivity contribution in [1.82, 2.24) is 0 Å². The summed E-state index contributed by atoms with van der Waals surface area (Å²) in [6, 6.07) is 0. The van der Waals surface area contributed by atoms with E-state index in [1.54, 1.807) is 0 Å². The van der Waals surface area contributed by atoms with Crippen molar-refractivity contribution < 1.29 is 28.8 Å². The maximum Gasteiger partial charge on any atom is 0.416 e. The molecule has 0 saturated heterocycles. The number of hydrogen-bond donors (Lipinski definition) is 0. The topological polar surface area (TPSA) is 96.0 Å². The minimum absolute atomic E-state index is 0.0879. The average molecular weight is 683 g/mol. The molecule has 0 fully saturated rings. The van der Waals surface area contributed by atoms with Crippen molar-refractivity contribution in [3.63, 3.8) is 0 Å². The van der Waals surface area contributed by atoms with E-state index in [1.807, 2.05) is 0 Å². The summed E-state index contributed by atoms with van der Waals surface area (Å²) in [5.41, 5.74) is 0. The number of unbranched alkanes of at least 4 members (excludes halogenated alkanes) is 30. The quantitative estimate of drug-likeness (QED) is 0.0598. The Morgan fingerprint density at radius 2 is 0.467 bits per heavy atom. The fourth-order valence-corrected chi connectivity index (χ4v) is 7.54. The lowest BCUT2D eigenvalue weighted by Gasteiger charge is -2.07. The van der Waals surface area contributed by atoms with Gasteiger partial charge >= 0.3 is 20.8 Å². The molecule has 0 aromatic rings. The van der Waals surface area contributed by atoms with Crippen molar-refractivity contribution >= 4 is 20.8 Å². The van der Waals surface area contributed by atoms with Gasteiger partial charge in [-0.15, -0.1) is 3.63 Å². The Bertz CT molecular complexity index is 734. The Kier molecular flexibility index (Phi) is 33.5. The van der Waals surface area contributed by atoms with Gasteiger partial charge in [0.25, 0.3) is 0 Å². The smallest absolute Gasteiger partial charge is 0.247 e. The largest absolute Gasteiger partial charge is 0.416 e. The molecular formula is C36H74O7S2. The normalized spacial score (nSPS) is 12.3. The molecule has 0 bridgehead atoms. The molecule has 0 rings (SSSR count). The van der Waals surface area contributed by atoms with E-state index >= 15 is 0 Å². The van der Waals surface area contributed by atoms with Gasteiger partial charge in [0.15, 0.2) is 0 Å². The molecule has 0 spiro atoms. The molecule has 0 aromatic heterocycles. The summed E-state index contributed by atoms with van der Waals surface area (Å²) >= 11 is 0. The van der Waals surface area contributed by atoms with Gasteiger partial charge in [-0.05, 0) is 12.8 Å². The fraction of sp³-hybridized carbons (Fsp3) is 1.00. The molecule has 0 atom stereocenters. The molecule has 0 aromatic carbocycles. The Balaban J connectivity index is 3.52. The molecule has 0 aliphatic carbocycles. The summed E-state index contributed by atoms with van der Waals surface area (Å²) in [6.45, 7) is 4.34. The highest BCUT2D eigenvalue weighted by molar-refractivity contribution is 7.95. The van der Waals surface area contributed by atoms with Crippen LogP contribution in [0.5, 0.6) is 0 Å². The summed E-state index contributed by atoms with van der Waals surface area (Å²) in [5, 5.41) is 0. The highest BCUT2D eigenvalue weighted by Gasteiger charge is 2.24. The standard InChI is InChI=1S/C36H74O7S2/c1-3-5-7-9-11-13-15-17-19-21-23-25-27-29-31-33-35-41-44(37,38)43-45(39,40)42-36-34-32-30-28-26-24-22-20-18-16-14-12-10-8-6-4-2/h3-36H2,1-2H3. The van der Waals surface area contributed by atoms with Gasteiger partial charge in [-0.25, -0.2) is 8.37 Å². The van der Waals surface area contributed by atoms with Crippen LogP contribution in [0.4, 0.5) is 0 Å². The van der Waals surface area contributed by atoms with Crippen LogP contribution < -0.4 is 0 Å². The first-order valence-corrected chi connectivity index (χ1v) is 22.0. The van der Waals surface area contributed by atoms with Crippen molar-refractivity contribution in [2.75, 3.05) is 13.2 Å². The van der Waals surface area contributed by atoms with E-state index in [1.165, 1.54) is 154 Å². The van der Waals surface area contributed by atoms with Gasteiger partial charge in [-0.2, -0.15) is 16.8 Å². The fourth-order valence-electron chi connectivity index (χ4n) is 5.76. The highest BCUT2D eigenvalue weighted by atomic mass is 32.3. The molecular weight excluding hydrogens is 609 g/mol. The molecule has 0 radical (unpaired) electrons. The predicted molar refractivity (Wildman–Crippen MR) is 190 cm³/mol. The first-order valence-electron chi connectivity index (χ1n) is 19.3. The molecule has 0 aliphatic rings. The monoisotopic (exact) mass is 682 g/mol. The summed E-state index contributed by atoms with van der Waals surface area (Å²) in [6.07, 6.45) is 39.1. The maximum atomic E-state index is 11.9. The van der Waals surface area contributed by atoms with E-state index in [-0.39, 0.29) is 13.2 Å². The van der Waals surface area contributed by atoms with Gasteiger partial charge in [0.1, 0.15) is 0 Å². The molecule has 0 unspecified atom stereocenters. The van der Waals surface area contributed by atoms with Crippen molar-refractivity contribution in [2.45, 2.75) is 219 Å². The molecule has 0 heterocycles. The summed E-state index contributed by atoms with van der Waals surface area (Å²) in [7, 11) is -9.29. The van der Waals surface area contributed by atoms with Gasteiger partial charge in [-0.1, -0.05) is 206 Å². The van der Waals surface area contributed by atoms with Gasteiger partial charge < -0.3 is 0 Å². The van der Waals surface area contributed by atoms with E-state index in [0.29, 0.717) is 12.8 Å². The molecule has 0 saturated carbocycles. The second kappa shape index (κ2) is 33.7. The zero-order chi connectivity index (χ0) is 33.2. The molecule has 9 heteroatoms. The van der Waals surface area contributed by atoms with Crippen LogP contribution in [0.15, 0.2) is 0 Å². The number of rotatable bonds is 38. The third-order valence-corrected chi connectivity index (χ3v) is 10.9. The van der Waals surface area contributed by atoms with Crippen LogP contribution in [0.2, 0.25) is 0 Å². The van der Waals surface area contributed by atoms with E-state index < -0.39 is 20.8 Å². The predicted octanol–water partition coefficient (Wildman–Crippen LogP) is 12.0. The molecule has 0 N–H and O–H groups in total. The summed E-state index contributed by atoms with van der Waals surface area (Å²) in [5.74, 6) is 0. The minimum atomic E-state index is -4.65. The van der Waals surface area contributed by atoms with Gasteiger partial charge in [-0.3, -0.25) is 0 Å². The lowest BCUT2D eigenvalue weighted by Crippen LogP contribution is -2.19. The van der Waals surface area contributed by atoms with Crippen LogP contribution >= 0.6 is 0 Å². The molecule has 0 aliphatic heterocycles. The van der Waals surface area contributed by atoms with Crippen molar-refractivity contribution in [1.29, 1.82) is 0 Å². The lowest BCUT2D eigenvalue weighted by atomic mass is 10.0. The Labute approximate surface area is 281 Å². The first-order chi connectivity index (χ1) is 21.8. The Morgan fingerprint density at radius 1 is 0.289 bits per heavy atom. The van der Waals surface area contributed by atoms with Gasteiger partial charge in [0, 0.05) is 0 Å². The molecule has 45 heavy (non-hydrogen) atoms. The zero-order valence-electron chi connectivity index (χ0n) is 29.7. The van der Waals surface area contributed by atoms with Crippen LogP contribution in [0.25, 0.3) is 0 Å². The van der Waals surface area contributed by atoms with Crippen molar-refractivity contribution in [3.05, 3.63) is 0 Å². The van der Waals surface area contributed by atoms with Crippen LogP contribution in [-0.4, -0.2) is 30.0 Å². The number of hydrogen-bond acceptors (Lipinski definition) is 7. The average Bonchev–Trinajstić information content (AvgIpc) is 2.99. The third-order valence-electron chi connectivity index (χ3n) is 8.62. The maximum absolute atomic E-state index is 11.9. The Hall–Kier alpha value is -0.220. The van der Waals surface area contributed by atoms with Crippen molar-refractivity contribution in [3.8, 4) is 0 Å². The summed E-state index contributed by atoms with van der Waals surface area (Å²) < 4.78 is 61.1. The Morgan fingerprint density at radius 3 is 0.667 bits per heavy atom. The van der Waals surface area contributed by atoms with E-state index in [9.17, 15) is 16.8 Å². The van der Waals surface area contributed by atoms with Crippen LogP contribution in [0, 0.1) is 0 Å². The molecule has 0 amide bonds. The van der Waals surface area contributed by atoms with E-state index in [0.717, 1.165) is 38.5 Å². The van der Waals surface area contributed by atoms with Crippen LogP contribution in [0.3, 0.4) is 0 Å². The van der Waals surface area contributed by atoms with Crippen molar-refractivity contribution in [2.24, 2.45) is 0 Å². The first kappa shape index (κ1) is 44.8. The van der Waals surface area contributed by atoms with Crippen LogP contribution in [-0.2, 0) is 32.8 Å². The van der Waals surface area contributed by atoms with Gasteiger partial charge in [0.05, 0.1) is 13.2 Å². The van der Waals surface area contributed by atoms with E-state index in [2.05, 4.69) is 17.5 Å². The zero-order valence-corrected chi connectivity index (χ0v) is 31.3. The minimum Gasteiger partial charge on any atom is -0.247 e. The second-order valence-electron chi connectivity index (χ2n) is 13.1. The van der Waals surface area contributed by atoms with Crippen LogP contribution in [0.1, 0.15) is 219 Å².